The van der Waals surface area contributed by atoms with Crippen molar-refractivity contribution in [3.05, 3.63) is 76.5 Å². The van der Waals surface area contributed by atoms with Crippen molar-refractivity contribution in [2.24, 2.45) is 0 Å². The number of halogens is 1. The van der Waals surface area contributed by atoms with Gasteiger partial charge in [0.1, 0.15) is 28.9 Å². The molecule has 2 aromatic carbocycles. The highest BCUT2D eigenvalue weighted by Crippen LogP contribution is 2.28. The maximum atomic E-state index is 12.5. The number of hydrogen-bond donors (Lipinski definition) is 2. The summed E-state index contributed by atoms with van der Waals surface area (Å²) in [6, 6.07) is 16.3. The van der Waals surface area contributed by atoms with Gasteiger partial charge in [0.15, 0.2) is 0 Å². The Hall–Kier alpha value is -4.02. The molecule has 0 radical (unpaired) electrons. The predicted molar refractivity (Wildman–Crippen MR) is 116 cm³/mol. The Morgan fingerprint density at radius 3 is 2.71 bits per heavy atom. The molecule has 0 bridgehead atoms. The molecule has 0 saturated carbocycles. The van der Waals surface area contributed by atoms with Gasteiger partial charge in [-0.05, 0) is 43.3 Å². The molecule has 2 N–H and O–H groups in total. The Kier molecular flexibility index (Phi) is 6.75. The number of hydrogen-bond acceptors (Lipinski definition) is 5. The summed E-state index contributed by atoms with van der Waals surface area (Å²) in [6.07, 6.45) is 1.32. The lowest BCUT2D eigenvalue weighted by atomic mass is 10.1. The van der Waals surface area contributed by atoms with Crippen LogP contribution in [-0.2, 0) is 4.79 Å². The van der Waals surface area contributed by atoms with Gasteiger partial charge in [-0.3, -0.25) is 4.79 Å². The van der Waals surface area contributed by atoms with Crippen LogP contribution >= 0.6 is 11.6 Å². The summed E-state index contributed by atoms with van der Waals surface area (Å²) in [5.41, 5.74) is 0.881. The van der Waals surface area contributed by atoms with Gasteiger partial charge in [-0.25, -0.2) is 4.79 Å². The lowest BCUT2D eigenvalue weighted by Gasteiger charge is -2.07. The maximum absolute atomic E-state index is 12.5. The lowest BCUT2D eigenvalue weighted by Crippen LogP contribution is -2.13. The van der Waals surface area contributed by atoms with Crippen LogP contribution in [0.4, 0.5) is 5.69 Å². The second-order valence-corrected chi connectivity index (χ2v) is 6.69. The minimum atomic E-state index is -1.13. The molecule has 156 valence electrons. The highest BCUT2D eigenvalue weighted by molar-refractivity contribution is 6.33. The Balaban J connectivity index is 1.79. The maximum Gasteiger partial charge on any atom is 0.337 e. The van der Waals surface area contributed by atoms with Crippen molar-refractivity contribution in [1.29, 1.82) is 5.26 Å². The van der Waals surface area contributed by atoms with E-state index < -0.39 is 11.9 Å². The van der Waals surface area contributed by atoms with Crippen molar-refractivity contribution in [3.8, 4) is 23.1 Å². The van der Waals surface area contributed by atoms with Crippen LogP contribution in [-0.4, -0.2) is 23.6 Å². The van der Waals surface area contributed by atoms with Gasteiger partial charge in [0.2, 0.25) is 0 Å². The van der Waals surface area contributed by atoms with Gasteiger partial charge in [0.05, 0.1) is 17.2 Å². The Bertz CT molecular complexity index is 1210. The molecule has 31 heavy (non-hydrogen) atoms. The van der Waals surface area contributed by atoms with Gasteiger partial charge >= 0.3 is 5.97 Å². The zero-order valence-electron chi connectivity index (χ0n) is 16.4. The van der Waals surface area contributed by atoms with E-state index in [-0.39, 0.29) is 21.9 Å². The van der Waals surface area contributed by atoms with Crippen molar-refractivity contribution < 1.29 is 23.8 Å². The monoisotopic (exact) mass is 436 g/mol. The normalized spacial score (nSPS) is 10.9. The van der Waals surface area contributed by atoms with Gasteiger partial charge in [0, 0.05) is 23.4 Å². The van der Waals surface area contributed by atoms with Gasteiger partial charge in [-0.2, -0.15) is 5.26 Å². The second kappa shape index (κ2) is 9.65. The molecule has 0 unspecified atom stereocenters. The molecule has 3 rings (SSSR count). The first kappa shape index (κ1) is 21.7. The number of carboxylic acid groups (broad SMARTS) is 1. The summed E-state index contributed by atoms with van der Waals surface area (Å²) >= 11 is 6.00. The minimum Gasteiger partial charge on any atom is -0.494 e. The van der Waals surface area contributed by atoms with E-state index in [2.05, 4.69) is 5.32 Å². The largest absolute Gasteiger partial charge is 0.494 e. The predicted octanol–water partition coefficient (Wildman–Crippen LogP) is 5.24. The third kappa shape index (κ3) is 5.32. The number of carbonyl (C=O) groups is 2. The molecule has 1 heterocycles. The molecule has 8 heteroatoms. The number of nitriles is 1. The van der Waals surface area contributed by atoms with Crippen molar-refractivity contribution in [3.63, 3.8) is 0 Å². The number of carbonyl (C=O) groups excluding carboxylic acids is 1. The summed E-state index contributed by atoms with van der Waals surface area (Å²) in [5.74, 6) is -0.430. The third-order valence-corrected chi connectivity index (χ3v) is 4.48. The van der Waals surface area contributed by atoms with Crippen LogP contribution in [0, 0.1) is 11.3 Å². The molecular weight excluding hydrogens is 420 g/mol. The number of amides is 1. The van der Waals surface area contributed by atoms with Crippen molar-refractivity contribution >= 4 is 35.2 Å². The van der Waals surface area contributed by atoms with Gasteiger partial charge < -0.3 is 19.6 Å². The number of anilines is 1. The quantitative estimate of drug-likeness (QED) is 0.386. The van der Waals surface area contributed by atoms with Crippen LogP contribution in [0.5, 0.6) is 5.75 Å². The SMILES string of the molecule is CCOc1cccc(NC(=O)C(C#N)=Cc2ccc(-c3ccc(C(=O)O)c(Cl)c3)o2)c1. The van der Waals surface area contributed by atoms with Gasteiger partial charge in [0.25, 0.3) is 5.91 Å². The number of nitrogens with zero attached hydrogens (tertiary/aromatic N) is 1. The molecule has 0 saturated heterocycles. The number of aromatic carboxylic acids is 1. The Morgan fingerprint density at radius 1 is 1.23 bits per heavy atom. The van der Waals surface area contributed by atoms with E-state index in [4.69, 9.17) is 25.9 Å². The minimum absolute atomic E-state index is 0.0195. The van der Waals surface area contributed by atoms with E-state index in [1.165, 1.54) is 18.2 Å². The number of ether oxygens (including phenoxy) is 1. The average molecular weight is 437 g/mol. The highest BCUT2D eigenvalue weighted by Gasteiger charge is 2.14. The Morgan fingerprint density at radius 2 is 2.03 bits per heavy atom. The molecule has 0 fully saturated rings. The molecule has 7 nitrogen and oxygen atoms in total. The third-order valence-electron chi connectivity index (χ3n) is 4.17. The first-order valence-corrected chi connectivity index (χ1v) is 9.58. The van der Waals surface area contributed by atoms with Crippen molar-refractivity contribution in [2.45, 2.75) is 6.92 Å². The summed E-state index contributed by atoms with van der Waals surface area (Å²) in [7, 11) is 0. The topological polar surface area (TPSA) is 113 Å². The number of carboxylic acids is 1. The molecule has 0 spiro atoms. The zero-order chi connectivity index (χ0) is 22.4. The molecule has 1 aromatic heterocycles. The lowest BCUT2D eigenvalue weighted by molar-refractivity contribution is -0.112. The molecular formula is C23H17ClN2O5. The second-order valence-electron chi connectivity index (χ2n) is 6.29. The van der Waals surface area contributed by atoms with Crippen LogP contribution < -0.4 is 10.1 Å². The number of nitrogens with one attached hydrogen (secondary N) is 1. The average Bonchev–Trinajstić information content (AvgIpc) is 3.21. The summed E-state index contributed by atoms with van der Waals surface area (Å²) < 4.78 is 11.1. The van der Waals surface area contributed by atoms with Crippen LogP contribution in [0.3, 0.4) is 0 Å². The van der Waals surface area contributed by atoms with Crippen molar-refractivity contribution in [1.82, 2.24) is 0 Å². The molecule has 0 aliphatic rings. The molecule has 1 amide bonds. The van der Waals surface area contributed by atoms with Crippen LogP contribution in [0.2, 0.25) is 5.02 Å². The van der Waals surface area contributed by atoms with Crippen molar-refractivity contribution in [2.75, 3.05) is 11.9 Å². The first-order valence-electron chi connectivity index (χ1n) is 9.20. The number of rotatable bonds is 7. The van der Waals surface area contributed by atoms with Crippen LogP contribution in [0.25, 0.3) is 17.4 Å². The standard InChI is InChI=1S/C23H17ClN2O5/c1-2-30-17-5-3-4-16(12-17)26-22(27)15(13-25)10-18-7-9-21(31-18)14-6-8-19(23(28)29)20(24)11-14/h3-12H,2H2,1H3,(H,26,27)(H,28,29). The summed E-state index contributed by atoms with van der Waals surface area (Å²) in [6.45, 7) is 2.35. The van der Waals surface area contributed by atoms with Gasteiger partial charge in [-0.15, -0.1) is 0 Å². The fraction of sp³-hybridized carbons (Fsp3) is 0.0870. The molecule has 0 aliphatic carbocycles. The van der Waals surface area contributed by atoms with E-state index in [1.807, 2.05) is 13.0 Å². The van der Waals surface area contributed by atoms with Crippen LogP contribution in [0.1, 0.15) is 23.0 Å². The Labute approximate surface area is 183 Å². The van der Waals surface area contributed by atoms with E-state index in [1.54, 1.807) is 42.5 Å². The summed E-state index contributed by atoms with van der Waals surface area (Å²) in [4.78, 5) is 23.6. The van der Waals surface area contributed by atoms with E-state index in [0.29, 0.717) is 29.4 Å². The van der Waals surface area contributed by atoms with Gasteiger partial charge in [-0.1, -0.05) is 23.7 Å². The first-order chi connectivity index (χ1) is 14.9. The van der Waals surface area contributed by atoms with Crippen LogP contribution in [0.15, 0.2) is 64.6 Å². The number of benzene rings is 2. The highest BCUT2D eigenvalue weighted by atomic mass is 35.5. The summed E-state index contributed by atoms with van der Waals surface area (Å²) in [5, 5.41) is 21.2. The van der Waals surface area contributed by atoms with E-state index >= 15 is 0 Å². The molecule has 3 aromatic rings. The zero-order valence-corrected chi connectivity index (χ0v) is 17.1. The fourth-order valence-electron chi connectivity index (χ4n) is 2.75. The fourth-order valence-corrected chi connectivity index (χ4v) is 3.01. The number of furan rings is 1. The smallest absolute Gasteiger partial charge is 0.337 e. The van der Waals surface area contributed by atoms with E-state index in [0.717, 1.165) is 0 Å². The molecule has 0 atom stereocenters. The molecule has 0 aliphatic heterocycles. The van der Waals surface area contributed by atoms with E-state index in [9.17, 15) is 14.9 Å².